The Bertz CT molecular complexity index is 584. The monoisotopic (exact) mass is 330 g/mol. The SMILES string of the molecule is CC(C)c1nc(CNC2(C(=O)O)CC3(CC(F)(F)C3)C2)cs1. The lowest BCUT2D eigenvalue weighted by Gasteiger charge is -2.61. The topological polar surface area (TPSA) is 62.2 Å². The van der Waals surface area contributed by atoms with Crippen LogP contribution < -0.4 is 5.32 Å². The van der Waals surface area contributed by atoms with Crippen LogP contribution in [0.15, 0.2) is 5.38 Å². The van der Waals surface area contributed by atoms with Crippen LogP contribution in [-0.2, 0) is 11.3 Å². The highest BCUT2D eigenvalue weighted by molar-refractivity contribution is 7.09. The molecule has 2 saturated carbocycles. The van der Waals surface area contributed by atoms with Crippen LogP contribution in [-0.4, -0.2) is 27.5 Å². The second-order valence-electron chi connectivity index (χ2n) is 7.14. The Hall–Kier alpha value is -1.08. The van der Waals surface area contributed by atoms with Crippen molar-refractivity contribution in [1.82, 2.24) is 10.3 Å². The van der Waals surface area contributed by atoms with Gasteiger partial charge in [-0.25, -0.2) is 13.8 Å². The largest absolute Gasteiger partial charge is 0.480 e. The number of hydrogen-bond acceptors (Lipinski definition) is 4. The summed E-state index contributed by atoms with van der Waals surface area (Å²) < 4.78 is 26.1. The molecular weight excluding hydrogens is 310 g/mol. The molecule has 0 radical (unpaired) electrons. The van der Waals surface area contributed by atoms with Crippen molar-refractivity contribution in [3.05, 3.63) is 16.1 Å². The highest BCUT2D eigenvalue weighted by Crippen LogP contribution is 2.65. The Labute approximate surface area is 131 Å². The van der Waals surface area contributed by atoms with Crippen molar-refractivity contribution in [2.75, 3.05) is 0 Å². The molecule has 3 rings (SSSR count). The standard InChI is InChI=1S/C15H20F2N2O2S/c1-9(2)11-19-10(4-22-11)3-18-14(12(20)21)5-13(6-14)7-15(16,17)8-13/h4,9,18H,3,5-8H2,1-2H3,(H,20,21). The van der Waals surface area contributed by atoms with E-state index in [1.54, 1.807) is 11.3 Å². The molecule has 0 bridgehead atoms. The quantitative estimate of drug-likeness (QED) is 0.869. The number of aliphatic carboxylic acids is 1. The zero-order valence-electron chi connectivity index (χ0n) is 12.7. The number of nitrogens with zero attached hydrogens (tertiary/aromatic N) is 1. The van der Waals surface area contributed by atoms with Crippen molar-refractivity contribution < 1.29 is 18.7 Å². The van der Waals surface area contributed by atoms with Gasteiger partial charge in [-0.05, 0) is 18.3 Å². The van der Waals surface area contributed by atoms with E-state index in [9.17, 15) is 18.7 Å². The number of rotatable bonds is 5. The summed E-state index contributed by atoms with van der Waals surface area (Å²) in [6, 6.07) is 0. The summed E-state index contributed by atoms with van der Waals surface area (Å²) in [5.41, 5.74) is -0.729. The van der Waals surface area contributed by atoms with Gasteiger partial charge < -0.3 is 5.11 Å². The Morgan fingerprint density at radius 1 is 1.41 bits per heavy atom. The van der Waals surface area contributed by atoms with E-state index in [1.807, 2.05) is 5.38 Å². The van der Waals surface area contributed by atoms with Crippen LogP contribution in [0.25, 0.3) is 0 Å². The van der Waals surface area contributed by atoms with Gasteiger partial charge in [0.05, 0.1) is 10.7 Å². The molecule has 0 aromatic carbocycles. The molecule has 1 aromatic heterocycles. The smallest absolute Gasteiger partial charge is 0.323 e. The van der Waals surface area contributed by atoms with E-state index in [2.05, 4.69) is 24.1 Å². The minimum absolute atomic E-state index is 0.176. The lowest BCUT2D eigenvalue weighted by molar-refractivity contribution is -0.222. The minimum Gasteiger partial charge on any atom is -0.480 e. The van der Waals surface area contributed by atoms with Crippen LogP contribution in [0, 0.1) is 5.41 Å². The molecule has 1 aromatic rings. The van der Waals surface area contributed by atoms with Gasteiger partial charge >= 0.3 is 5.97 Å². The van der Waals surface area contributed by atoms with Gasteiger partial charge in [-0.2, -0.15) is 0 Å². The molecule has 0 atom stereocenters. The van der Waals surface area contributed by atoms with Crippen molar-refractivity contribution in [3.63, 3.8) is 0 Å². The highest BCUT2D eigenvalue weighted by Gasteiger charge is 2.69. The predicted octanol–water partition coefficient (Wildman–Crippen LogP) is 3.39. The number of halogens is 2. The maximum absolute atomic E-state index is 13.1. The summed E-state index contributed by atoms with van der Waals surface area (Å²) in [5.74, 6) is -3.21. The minimum atomic E-state index is -2.61. The first-order valence-electron chi connectivity index (χ1n) is 7.46. The Balaban J connectivity index is 1.61. The molecule has 2 aliphatic carbocycles. The number of carbonyl (C=O) groups is 1. The van der Waals surface area contributed by atoms with Gasteiger partial charge in [0.1, 0.15) is 5.54 Å². The fourth-order valence-corrected chi connectivity index (χ4v) is 4.64. The van der Waals surface area contributed by atoms with Crippen molar-refractivity contribution in [1.29, 1.82) is 0 Å². The van der Waals surface area contributed by atoms with E-state index in [-0.39, 0.29) is 25.7 Å². The van der Waals surface area contributed by atoms with Gasteiger partial charge in [-0.1, -0.05) is 13.8 Å². The normalized spacial score (nSPS) is 24.0. The van der Waals surface area contributed by atoms with Crippen molar-refractivity contribution >= 4 is 17.3 Å². The third kappa shape index (κ3) is 2.65. The van der Waals surface area contributed by atoms with Crippen LogP contribution in [0.3, 0.4) is 0 Å². The van der Waals surface area contributed by atoms with Gasteiger partial charge in [0.25, 0.3) is 0 Å². The van der Waals surface area contributed by atoms with Gasteiger partial charge in [0.15, 0.2) is 0 Å². The summed E-state index contributed by atoms with van der Waals surface area (Å²) in [7, 11) is 0. The molecule has 22 heavy (non-hydrogen) atoms. The molecule has 0 amide bonds. The number of aromatic nitrogens is 1. The van der Waals surface area contributed by atoms with Crippen LogP contribution in [0.2, 0.25) is 0 Å². The van der Waals surface area contributed by atoms with Crippen molar-refractivity contribution in [3.8, 4) is 0 Å². The maximum atomic E-state index is 13.1. The van der Waals surface area contributed by atoms with Gasteiger partial charge in [0.2, 0.25) is 5.92 Å². The lowest BCUT2D eigenvalue weighted by atomic mass is 9.47. The molecule has 4 nitrogen and oxygen atoms in total. The number of hydrogen-bond donors (Lipinski definition) is 2. The average molecular weight is 330 g/mol. The van der Waals surface area contributed by atoms with Gasteiger partial charge in [-0.3, -0.25) is 10.1 Å². The summed E-state index contributed by atoms with van der Waals surface area (Å²) in [4.78, 5) is 16.0. The molecule has 2 fully saturated rings. The Morgan fingerprint density at radius 3 is 2.50 bits per heavy atom. The van der Waals surface area contributed by atoms with Crippen LogP contribution in [0.4, 0.5) is 8.78 Å². The zero-order valence-corrected chi connectivity index (χ0v) is 13.5. The fourth-order valence-electron chi connectivity index (χ4n) is 3.80. The van der Waals surface area contributed by atoms with E-state index in [0.717, 1.165) is 10.7 Å². The van der Waals surface area contributed by atoms with Crippen molar-refractivity contribution in [2.24, 2.45) is 5.41 Å². The highest BCUT2D eigenvalue weighted by atomic mass is 32.1. The number of nitrogens with one attached hydrogen (secondary N) is 1. The molecule has 0 aliphatic heterocycles. The summed E-state index contributed by atoms with van der Waals surface area (Å²) >= 11 is 1.56. The third-order valence-corrected chi connectivity index (χ3v) is 5.90. The van der Waals surface area contributed by atoms with E-state index in [1.165, 1.54) is 0 Å². The number of carboxylic acids is 1. The maximum Gasteiger partial charge on any atom is 0.323 e. The Morgan fingerprint density at radius 2 is 2.05 bits per heavy atom. The van der Waals surface area contributed by atoms with Crippen LogP contribution >= 0.6 is 11.3 Å². The van der Waals surface area contributed by atoms with E-state index in [4.69, 9.17) is 0 Å². The van der Waals surface area contributed by atoms with Crippen LogP contribution in [0.1, 0.15) is 56.2 Å². The first kappa shape index (κ1) is 15.8. The predicted molar refractivity (Wildman–Crippen MR) is 79.3 cm³/mol. The lowest BCUT2D eigenvalue weighted by Crippen LogP contribution is -2.69. The molecule has 0 saturated heterocycles. The van der Waals surface area contributed by atoms with Gasteiger partial charge in [0, 0.05) is 30.7 Å². The second-order valence-corrected chi connectivity index (χ2v) is 8.03. The summed E-state index contributed by atoms with van der Waals surface area (Å²) in [6.45, 7) is 4.48. The van der Waals surface area contributed by atoms with Crippen LogP contribution in [0.5, 0.6) is 0 Å². The van der Waals surface area contributed by atoms with Gasteiger partial charge in [-0.15, -0.1) is 11.3 Å². The van der Waals surface area contributed by atoms with E-state index >= 15 is 0 Å². The summed E-state index contributed by atoms with van der Waals surface area (Å²) in [5, 5.41) is 15.5. The zero-order chi connectivity index (χ0) is 16.2. The molecular formula is C15H20F2N2O2S. The number of alkyl halides is 2. The number of thiazole rings is 1. The summed E-state index contributed by atoms with van der Waals surface area (Å²) in [6.07, 6.45) is 0.216. The van der Waals surface area contributed by atoms with Crippen molar-refractivity contribution in [2.45, 2.75) is 63.5 Å². The molecule has 2 aliphatic rings. The first-order chi connectivity index (χ1) is 10.2. The molecule has 1 heterocycles. The van der Waals surface area contributed by atoms with E-state index in [0.29, 0.717) is 12.5 Å². The molecule has 122 valence electrons. The molecule has 2 N–H and O–H groups in total. The second kappa shape index (κ2) is 4.96. The molecule has 0 unspecified atom stereocenters. The first-order valence-corrected chi connectivity index (χ1v) is 8.34. The average Bonchev–Trinajstić information content (AvgIpc) is 2.79. The molecule has 7 heteroatoms. The Kier molecular flexibility index (Phi) is 3.56. The third-order valence-electron chi connectivity index (χ3n) is 4.70. The number of carboxylic acid groups (broad SMARTS) is 1. The molecule has 1 spiro atoms. The fraction of sp³-hybridized carbons (Fsp3) is 0.733. The van der Waals surface area contributed by atoms with E-state index < -0.39 is 22.8 Å².